The van der Waals surface area contributed by atoms with Crippen LogP contribution >= 0.6 is 11.6 Å². The van der Waals surface area contributed by atoms with E-state index in [0.717, 1.165) is 6.07 Å². The van der Waals surface area contributed by atoms with Crippen LogP contribution in [0.1, 0.15) is 28.2 Å². The van der Waals surface area contributed by atoms with Crippen molar-refractivity contribution < 1.29 is 13.6 Å². The standard InChI is InChI=1S/C8H6ClF2NO/c9-3-6-1-5(4-13)2-7(12-6)8(10)11/h1-2,4,8H,3H2. The number of halogens is 3. The monoisotopic (exact) mass is 205 g/mol. The normalized spacial score (nSPS) is 10.5. The summed E-state index contributed by atoms with van der Waals surface area (Å²) in [6, 6.07) is 2.43. The predicted molar refractivity (Wildman–Crippen MR) is 44.1 cm³/mol. The third-order valence-electron chi connectivity index (χ3n) is 1.42. The highest BCUT2D eigenvalue weighted by Crippen LogP contribution is 2.18. The van der Waals surface area contributed by atoms with Crippen molar-refractivity contribution >= 4 is 17.9 Å². The lowest BCUT2D eigenvalue weighted by Crippen LogP contribution is -1.97. The van der Waals surface area contributed by atoms with Crippen molar-refractivity contribution in [3.8, 4) is 0 Å². The quantitative estimate of drug-likeness (QED) is 0.561. The number of rotatable bonds is 3. The zero-order valence-electron chi connectivity index (χ0n) is 6.51. The van der Waals surface area contributed by atoms with Gasteiger partial charge in [-0.1, -0.05) is 0 Å². The Kier molecular flexibility index (Phi) is 3.31. The molecule has 70 valence electrons. The van der Waals surface area contributed by atoms with Gasteiger partial charge in [-0.3, -0.25) is 9.78 Å². The highest BCUT2D eigenvalue weighted by atomic mass is 35.5. The molecule has 0 aliphatic rings. The molecule has 0 saturated carbocycles. The molecule has 0 fully saturated rings. The topological polar surface area (TPSA) is 30.0 Å². The molecule has 0 bridgehead atoms. The first kappa shape index (κ1) is 10.1. The number of hydrogen-bond donors (Lipinski definition) is 0. The number of aldehydes is 1. The Morgan fingerprint density at radius 1 is 1.54 bits per heavy atom. The highest BCUT2D eigenvalue weighted by Gasteiger charge is 2.10. The molecule has 0 aromatic carbocycles. The summed E-state index contributed by atoms with van der Waals surface area (Å²) >= 11 is 5.41. The van der Waals surface area contributed by atoms with E-state index >= 15 is 0 Å². The van der Waals surface area contributed by atoms with Crippen molar-refractivity contribution in [3.05, 3.63) is 29.1 Å². The van der Waals surface area contributed by atoms with Crippen LogP contribution in [0, 0.1) is 0 Å². The second-order valence-electron chi connectivity index (χ2n) is 2.37. The van der Waals surface area contributed by atoms with Crippen molar-refractivity contribution in [2.75, 3.05) is 0 Å². The van der Waals surface area contributed by atoms with Gasteiger partial charge in [0.25, 0.3) is 6.43 Å². The van der Waals surface area contributed by atoms with E-state index in [-0.39, 0.29) is 17.1 Å². The summed E-state index contributed by atoms with van der Waals surface area (Å²) in [5.74, 6) is 0.0153. The molecule has 0 aliphatic heterocycles. The zero-order valence-corrected chi connectivity index (χ0v) is 7.26. The van der Waals surface area contributed by atoms with E-state index in [4.69, 9.17) is 11.6 Å². The minimum atomic E-state index is -2.68. The van der Waals surface area contributed by atoms with Crippen LogP contribution in [-0.4, -0.2) is 11.3 Å². The van der Waals surface area contributed by atoms with Gasteiger partial charge in [-0.15, -0.1) is 11.6 Å². The number of nitrogens with zero attached hydrogens (tertiary/aromatic N) is 1. The molecule has 1 aromatic heterocycles. The first-order chi connectivity index (χ1) is 6.17. The van der Waals surface area contributed by atoms with Crippen molar-refractivity contribution in [1.82, 2.24) is 4.98 Å². The minimum absolute atomic E-state index is 0.0153. The Balaban J connectivity index is 3.14. The van der Waals surface area contributed by atoms with Gasteiger partial charge >= 0.3 is 0 Å². The molecule has 0 spiro atoms. The van der Waals surface area contributed by atoms with Crippen LogP contribution in [0.25, 0.3) is 0 Å². The summed E-state index contributed by atoms with van der Waals surface area (Å²) in [6.07, 6.45) is -2.19. The molecule has 0 aliphatic carbocycles. The predicted octanol–water partition coefficient (Wildman–Crippen LogP) is 2.57. The van der Waals surface area contributed by atoms with Crippen LogP contribution < -0.4 is 0 Å². The van der Waals surface area contributed by atoms with Crippen molar-refractivity contribution in [1.29, 1.82) is 0 Å². The van der Waals surface area contributed by atoms with Gasteiger partial charge < -0.3 is 0 Å². The van der Waals surface area contributed by atoms with Gasteiger partial charge in [-0.25, -0.2) is 8.78 Å². The van der Waals surface area contributed by atoms with Crippen LogP contribution in [0.3, 0.4) is 0 Å². The first-order valence-corrected chi connectivity index (χ1v) is 4.01. The summed E-state index contributed by atoms with van der Waals surface area (Å²) < 4.78 is 24.4. The Labute approximate surface area is 78.5 Å². The zero-order chi connectivity index (χ0) is 9.84. The number of carbonyl (C=O) groups excluding carboxylic acids is 1. The Hall–Kier alpha value is -1.03. The van der Waals surface area contributed by atoms with Gasteiger partial charge in [0.1, 0.15) is 12.0 Å². The van der Waals surface area contributed by atoms with Gasteiger partial charge in [0, 0.05) is 5.56 Å². The minimum Gasteiger partial charge on any atom is -0.298 e. The van der Waals surface area contributed by atoms with Gasteiger partial charge in [0.05, 0.1) is 11.6 Å². The lowest BCUT2D eigenvalue weighted by molar-refractivity contribution is 0.112. The molecule has 0 atom stereocenters. The molecule has 1 rings (SSSR count). The smallest absolute Gasteiger partial charge is 0.280 e. The maximum absolute atomic E-state index is 12.2. The molecule has 0 amide bonds. The molecule has 13 heavy (non-hydrogen) atoms. The van der Waals surface area contributed by atoms with Crippen molar-refractivity contribution in [3.63, 3.8) is 0 Å². The molecule has 0 unspecified atom stereocenters. The van der Waals surface area contributed by atoms with E-state index in [0.29, 0.717) is 6.29 Å². The van der Waals surface area contributed by atoms with Crippen LogP contribution in [-0.2, 0) is 5.88 Å². The van der Waals surface area contributed by atoms with Gasteiger partial charge in [0.2, 0.25) is 0 Å². The Morgan fingerprint density at radius 3 is 2.69 bits per heavy atom. The number of hydrogen-bond acceptors (Lipinski definition) is 2. The maximum Gasteiger partial charge on any atom is 0.280 e. The Bertz CT molecular complexity index is 317. The molecule has 1 aromatic rings. The second kappa shape index (κ2) is 4.28. The van der Waals surface area contributed by atoms with Gasteiger partial charge in [0.15, 0.2) is 0 Å². The van der Waals surface area contributed by atoms with Crippen molar-refractivity contribution in [2.24, 2.45) is 0 Å². The number of carbonyl (C=O) groups is 1. The fraction of sp³-hybridized carbons (Fsp3) is 0.250. The summed E-state index contributed by atoms with van der Waals surface area (Å²) in [7, 11) is 0. The molecule has 1 heterocycles. The molecule has 5 heteroatoms. The number of pyridine rings is 1. The van der Waals surface area contributed by atoms with E-state index in [9.17, 15) is 13.6 Å². The fourth-order valence-corrected chi connectivity index (χ4v) is 1.02. The fourth-order valence-electron chi connectivity index (χ4n) is 0.883. The van der Waals surface area contributed by atoms with Gasteiger partial charge in [-0.2, -0.15) is 0 Å². The largest absolute Gasteiger partial charge is 0.298 e. The van der Waals surface area contributed by atoms with Crippen LogP contribution in [0.4, 0.5) is 8.78 Å². The molecular formula is C8H6ClF2NO. The van der Waals surface area contributed by atoms with Crippen LogP contribution in [0.15, 0.2) is 12.1 Å². The summed E-state index contributed by atoms with van der Waals surface area (Å²) in [5.41, 5.74) is 0.0303. The van der Waals surface area contributed by atoms with E-state index in [1.54, 1.807) is 0 Å². The molecule has 2 nitrogen and oxygen atoms in total. The average Bonchev–Trinajstić information content (AvgIpc) is 2.16. The summed E-state index contributed by atoms with van der Waals surface area (Å²) in [4.78, 5) is 13.9. The SMILES string of the molecule is O=Cc1cc(CCl)nc(C(F)F)c1. The third kappa shape index (κ3) is 2.45. The lowest BCUT2D eigenvalue weighted by atomic mass is 10.2. The highest BCUT2D eigenvalue weighted by molar-refractivity contribution is 6.16. The van der Waals surface area contributed by atoms with Crippen molar-refractivity contribution in [2.45, 2.75) is 12.3 Å². The Morgan fingerprint density at radius 2 is 2.23 bits per heavy atom. The van der Waals surface area contributed by atoms with Crippen LogP contribution in [0.2, 0.25) is 0 Å². The molecule has 0 N–H and O–H groups in total. The second-order valence-corrected chi connectivity index (χ2v) is 2.64. The van der Waals surface area contributed by atoms with Crippen LogP contribution in [0.5, 0.6) is 0 Å². The van der Waals surface area contributed by atoms with E-state index in [1.807, 2.05) is 0 Å². The number of alkyl halides is 3. The first-order valence-electron chi connectivity index (χ1n) is 3.47. The molecule has 0 radical (unpaired) electrons. The van der Waals surface area contributed by atoms with E-state index in [1.165, 1.54) is 6.07 Å². The molecule has 0 saturated heterocycles. The summed E-state index contributed by atoms with van der Waals surface area (Å²) in [5, 5.41) is 0. The van der Waals surface area contributed by atoms with Gasteiger partial charge in [-0.05, 0) is 12.1 Å². The number of aromatic nitrogens is 1. The maximum atomic E-state index is 12.2. The average molecular weight is 206 g/mol. The van der Waals surface area contributed by atoms with E-state index < -0.39 is 12.1 Å². The summed E-state index contributed by atoms with van der Waals surface area (Å²) in [6.45, 7) is 0. The van der Waals surface area contributed by atoms with E-state index in [2.05, 4.69) is 4.98 Å². The third-order valence-corrected chi connectivity index (χ3v) is 1.69. The molecular weight excluding hydrogens is 200 g/mol. The lowest BCUT2D eigenvalue weighted by Gasteiger charge is -2.02.